The summed E-state index contributed by atoms with van der Waals surface area (Å²) in [5, 5.41) is 19.0. The van der Waals surface area contributed by atoms with Crippen LogP contribution >= 0.6 is 0 Å². The molecule has 2 aliphatic carbocycles. The molecule has 0 saturated heterocycles. The zero-order valence-corrected chi connectivity index (χ0v) is 10.1. The van der Waals surface area contributed by atoms with E-state index in [1.807, 2.05) is 0 Å². The Morgan fingerprint density at radius 2 is 1.65 bits per heavy atom. The average Bonchev–Trinajstić information content (AvgIpc) is 2.38. The number of rotatable bonds is 4. The first-order valence-electron chi connectivity index (χ1n) is 6.62. The highest BCUT2D eigenvalue weighted by atomic mass is 17.2. The molecule has 0 aromatic rings. The predicted octanol–water partition coefficient (Wildman–Crippen LogP) is 2.39. The summed E-state index contributed by atoms with van der Waals surface area (Å²) in [6.45, 7) is 0. The van der Waals surface area contributed by atoms with Crippen LogP contribution in [0.3, 0.4) is 0 Å². The zero-order valence-electron chi connectivity index (χ0n) is 10.1. The van der Waals surface area contributed by atoms with Crippen LogP contribution in [0.2, 0.25) is 0 Å². The molecule has 0 aromatic carbocycles. The molecule has 100 valence electrons. The molecule has 1 unspecified atom stereocenters. The molecule has 0 bridgehead atoms. The molecule has 0 aliphatic heterocycles. The van der Waals surface area contributed by atoms with Crippen LogP contribution in [0, 0.1) is 0 Å². The monoisotopic (exact) mass is 246 g/mol. The van der Waals surface area contributed by atoms with Crippen LogP contribution in [0.25, 0.3) is 0 Å². The molecule has 5 nitrogen and oxygen atoms in total. The van der Waals surface area contributed by atoms with Gasteiger partial charge in [0.25, 0.3) is 0 Å². The van der Waals surface area contributed by atoms with E-state index in [1.165, 1.54) is 6.42 Å². The third kappa shape index (κ3) is 3.39. The van der Waals surface area contributed by atoms with Gasteiger partial charge < -0.3 is 5.11 Å². The normalized spacial score (nSPS) is 36.0. The molecular formula is C12H22O5. The largest absolute Gasteiger partial charge is 0.361 e. The number of hydrogen-bond acceptors (Lipinski definition) is 5. The van der Waals surface area contributed by atoms with E-state index in [2.05, 4.69) is 4.89 Å². The molecule has 2 rings (SSSR count). The average molecular weight is 246 g/mol. The summed E-state index contributed by atoms with van der Waals surface area (Å²) in [6.07, 6.45) is 7.62. The predicted molar refractivity (Wildman–Crippen MR) is 60.0 cm³/mol. The van der Waals surface area contributed by atoms with Crippen molar-refractivity contribution in [2.75, 3.05) is 0 Å². The molecule has 0 radical (unpaired) electrons. The molecule has 2 aliphatic rings. The van der Waals surface area contributed by atoms with Crippen molar-refractivity contribution in [1.29, 1.82) is 0 Å². The standard InChI is InChI=1S/C12H22O5/c13-12(9-5-4-8-11(12)15-14)17-16-10-6-2-1-3-7-10/h10-11,13-14H,1-9H2/t11?,12-/m1/s1. The summed E-state index contributed by atoms with van der Waals surface area (Å²) >= 11 is 0. The van der Waals surface area contributed by atoms with Gasteiger partial charge in [-0.25, -0.2) is 9.78 Å². The van der Waals surface area contributed by atoms with E-state index < -0.39 is 11.9 Å². The maximum Gasteiger partial charge on any atom is 0.228 e. The summed E-state index contributed by atoms with van der Waals surface area (Å²) < 4.78 is 0. The van der Waals surface area contributed by atoms with E-state index in [1.54, 1.807) is 0 Å². The molecule has 0 spiro atoms. The van der Waals surface area contributed by atoms with Crippen LogP contribution in [0.5, 0.6) is 0 Å². The Morgan fingerprint density at radius 3 is 2.35 bits per heavy atom. The molecule has 2 N–H and O–H groups in total. The van der Waals surface area contributed by atoms with E-state index in [9.17, 15) is 5.11 Å². The number of aliphatic hydroxyl groups is 1. The lowest BCUT2D eigenvalue weighted by Crippen LogP contribution is -2.49. The van der Waals surface area contributed by atoms with Crippen LogP contribution < -0.4 is 0 Å². The van der Waals surface area contributed by atoms with E-state index in [0.717, 1.165) is 38.5 Å². The van der Waals surface area contributed by atoms with Crippen LogP contribution in [-0.4, -0.2) is 28.4 Å². The molecule has 0 amide bonds. The lowest BCUT2D eigenvalue weighted by atomic mass is 9.91. The van der Waals surface area contributed by atoms with Crippen molar-refractivity contribution in [2.45, 2.75) is 75.8 Å². The molecular weight excluding hydrogens is 224 g/mol. The Bertz CT molecular complexity index is 229. The fourth-order valence-corrected chi connectivity index (χ4v) is 2.64. The van der Waals surface area contributed by atoms with Gasteiger partial charge in [0.05, 0.1) is 6.10 Å². The second-order valence-corrected chi connectivity index (χ2v) is 5.12. The quantitative estimate of drug-likeness (QED) is 0.453. The van der Waals surface area contributed by atoms with Crippen molar-refractivity contribution in [1.82, 2.24) is 0 Å². The van der Waals surface area contributed by atoms with Crippen LogP contribution in [0.1, 0.15) is 57.8 Å². The van der Waals surface area contributed by atoms with Crippen LogP contribution in [0.15, 0.2) is 0 Å². The van der Waals surface area contributed by atoms with Crippen molar-refractivity contribution in [2.24, 2.45) is 0 Å². The van der Waals surface area contributed by atoms with Gasteiger partial charge in [0.2, 0.25) is 5.79 Å². The minimum atomic E-state index is -1.50. The minimum absolute atomic E-state index is 0.0639. The highest BCUT2D eigenvalue weighted by Gasteiger charge is 2.43. The first-order valence-corrected chi connectivity index (χ1v) is 6.62. The van der Waals surface area contributed by atoms with Gasteiger partial charge in [-0.2, -0.15) is 4.89 Å². The van der Waals surface area contributed by atoms with Gasteiger partial charge in [-0.1, -0.05) is 25.7 Å². The lowest BCUT2D eigenvalue weighted by Gasteiger charge is -2.37. The van der Waals surface area contributed by atoms with Gasteiger partial charge in [0.15, 0.2) is 0 Å². The van der Waals surface area contributed by atoms with E-state index in [0.29, 0.717) is 12.8 Å². The first kappa shape index (κ1) is 13.2. The van der Waals surface area contributed by atoms with Gasteiger partial charge >= 0.3 is 0 Å². The second kappa shape index (κ2) is 6.11. The van der Waals surface area contributed by atoms with Gasteiger partial charge in [-0.3, -0.25) is 5.26 Å². The van der Waals surface area contributed by atoms with Gasteiger partial charge in [-0.15, -0.1) is 0 Å². The maximum absolute atomic E-state index is 10.2. The maximum atomic E-state index is 10.2. The summed E-state index contributed by atoms with van der Waals surface area (Å²) in [5.41, 5.74) is 0. The number of hydrogen-bond donors (Lipinski definition) is 2. The minimum Gasteiger partial charge on any atom is -0.361 e. The Morgan fingerprint density at radius 1 is 0.941 bits per heavy atom. The SMILES string of the molecule is OOC1CCCC[C@@]1(O)OOC1CCCCC1. The molecule has 2 fully saturated rings. The highest BCUT2D eigenvalue weighted by molar-refractivity contribution is 4.81. The van der Waals surface area contributed by atoms with Crippen LogP contribution in [-0.2, 0) is 14.7 Å². The van der Waals surface area contributed by atoms with Gasteiger partial charge in [0, 0.05) is 6.42 Å². The van der Waals surface area contributed by atoms with Crippen molar-refractivity contribution >= 4 is 0 Å². The molecule has 5 heteroatoms. The molecule has 0 aromatic heterocycles. The van der Waals surface area contributed by atoms with Crippen molar-refractivity contribution in [3.05, 3.63) is 0 Å². The van der Waals surface area contributed by atoms with Crippen molar-refractivity contribution < 1.29 is 25.0 Å². The fourth-order valence-electron chi connectivity index (χ4n) is 2.64. The van der Waals surface area contributed by atoms with E-state index in [4.69, 9.17) is 15.0 Å². The van der Waals surface area contributed by atoms with Gasteiger partial charge in [0.1, 0.15) is 6.10 Å². The molecule has 2 atom stereocenters. The molecule has 17 heavy (non-hydrogen) atoms. The van der Waals surface area contributed by atoms with E-state index in [-0.39, 0.29) is 6.10 Å². The van der Waals surface area contributed by atoms with Crippen LogP contribution in [0.4, 0.5) is 0 Å². The third-order valence-electron chi connectivity index (χ3n) is 3.76. The molecule has 0 heterocycles. The summed E-state index contributed by atoms with van der Waals surface area (Å²) in [6, 6.07) is 0. The zero-order chi connectivity index (χ0) is 12.1. The summed E-state index contributed by atoms with van der Waals surface area (Å²) in [5.74, 6) is -1.50. The third-order valence-corrected chi connectivity index (χ3v) is 3.76. The highest BCUT2D eigenvalue weighted by Crippen LogP contribution is 2.33. The summed E-state index contributed by atoms with van der Waals surface area (Å²) in [4.78, 5) is 14.8. The molecule has 2 saturated carbocycles. The fraction of sp³-hybridized carbons (Fsp3) is 1.00. The lowest BCUT2D eigenvalue weighted by molar-refractivity contribution is -0.484. The second-order valence-electron chi connectivity index (χ2n) is 5.12. The van der Waals surface area contributed by atoms with E-state index >= 15 is 0 Å². The Balaban J connectivity index is 1.82. The Labute approximate surface area is 102 Å². The first-order chi connectivity index (χ1) is 8.24. The smallest absolute Gasteiger partial charge is 0.228 e. The van der Waals surface area contributed by atoms with Crippen molar-refractivity contribution in [3.63, 3.8) is 0 Å². The van der Waals surface area contributed by atoms with Crippen molar-refractivity contribution in [3.8, 4) is 0 Å². The Hall–Kier alpha value is -0.200. The van der Waals surface area contributed by atoms with Gasteiger partial charge in [-0.05, 0) is 25.7 Å². The summed E-state index contributed by atoms with van der Waals surface area (Å²) in [7, 11) is 0. The topological polar surface area (TPSA) is 68.2 Å². The Kier molecular flexibility index (Phi) is 4.76.